The Balaban J connectivity index is 2.39. The molecule has 0 amide bonds. The second kappa shape index (κ2) is 6.03. The van der Waals surface area contributed by atoms with E-state index in [4.69, 9.17) is 10.5 Å². The van der Waals surface area contributed by atoms with Gasteiger partial charge in [0, 0.05) is 31.4 Å². The molecule has 2 atom stereocenters. The monoisotopic (exact) mass is 266 g/mol. The maximum atomic E-state index is 5.92. The second-order valence-corrected chi connectivity index (χ2v) is 5.33. The van der Waals surface area contributed by atoms with Gasteiger partial charge in [-0.1, -0.05) is 6.92 Å². The standard InChI is InChI=1S/C14H26N4O/c1-5-6-18-7-8-19-12(9-15)14(18)13-10(2)16-17(4)11(13)3/h12,14H,5-9,15H2,1-4H3. The SMILES string of the molecule is CCCN1CCOC(CN)C1c1c(C)nn(C)c1C. The van der Waals surface area contributed by atoms with Crippen molar-refractivity contribution < 1.29 is 4.74 Å². The van der Waals surface area contributed by atoms with Gasteiger partial charge in [-0.15, -0.1) is 0 Å². The molecule has 1 aromatic rings. The molecular formula is C14H26N4O. The number of rotatable bonds is 4. The number of aromatic nitrogens is 2. The summed E-state index contributed by atoms with van der Waals surface area (Å²) >= 11 is 0. The molecule has 0 aromatic carbocycles. The highest BCUT2D eigenvalue weighted by Crippen LogP contribution is 2.33. The molecule has 5 nitrogen and oxygen atoms in total. The van der Waals surface area contributed by atoms with E-state index in [1.807, 2.05) is 11.7 Å². The van der Waals surface area contributed by atoms with Gasteiger partial charge in [-0.3, -0.25) is 9.58 Å². The molecule has 0 bridgehead atoms. The number of aryl methyl sites for hydroxylation is 2. The van der Waals surface area contributed by atoms with Crippen molar-refractivity contribution in [1.29, 1.82) is 0 Å². The van der Waals surface area contributed by atoms with E-state index in [2.05, 4.69) is 30.8 Å². The van der Waals surface area contributed by atoms with Crippen LogP contribution >= 0.6 is 0 Å². The van der Waals surface area contributed by atoms with Crippen LogP contribution in [-0.4, -0.2) is 47.0 Å². The van der Waals surface area contributed by atoms with Crippen molar-refractivity contribution >= 4 is 0 Å². The number of nitrogens with zero attached hydrogens (tertiary/aromatic N) is 3. The molecule has 1 fully saturated rings. The van der Waals surface area contributed by atoms with Crippen LogP contribution in [0.15, 0.2) is 0 Å². The van der Waals surface area contributed by atoms with E-state index in [1.54, 1.807) is 0 Å². The van der Waals surface area contributed by atoms with E-state index in [-0.39, 0.29) is 12.1 Å². The van der Waals surface area contributed by atoms with Gasteiger partial charge < -0.3 is 10.5 Å². The summed E-state index contributed by atoms with van der Waals surface area (Å²) in [7, 11) is 2.00. The van der Waals surface area contributed by atoms with Gasteiger partial charge in [0.1, 0.15) is 0 Å². The highest BCUT2D eigenvalue weighted by molar-refractivity contribution is 5.30. The molecule has 2 heterocycles. The van der Waals surface area contributed by atoms with Crippen LogP contribution in [0.2, 0.25) is 0 Å². The maximum absolute atomic E-state index is 5.92. The highest BCUT2D eigenvalue weighted by Gasteiger charge is 2.35. The molecule has 0 aliphatic carbocycles. The molecule has 108 valence electrons. The minimum Gasteiger partial charge on any atom is -0.374 e. The van der Waals surface area contributed by atoms with Crippen LogP contribution in [0.5, 0.6) is 0 Å². The highest BCUT2D eigenvalue weighted by atomic mass is 16.5. The third kappa shape index (κ3) is 2.68. The molecule has 0 spiro atoms. The summed E-state index contributed by atoms with van der Waals surface area (Å²) in [6, 6.07) is 0.243. The fourth-order valence-electron chi connectivity index (χ4n) is 3.11. The first-order valence-corrected chi connectivity index (χ1v) is 7.16. The van der Waals surface area contributed by atoms with Crippen molar-refractivity contribution in [3.8, 4) is 0 Å². The topological polar surface area (TPSA) is 56.3 Å². The summed E-state index contributed by atoms with van der Waals surface area (Å²) in [5.74, 6) is 0. The van der Waals surface area contributed by atoms with Crippen LogP contribution in [0, 0.1) is 13.8 Å². The Kier molecular flexibility index (Phi) is 4.60. The number of nitrogens with two attached hydrogens (primary N) is 1. The average Bonchev–Trinajstić information content (AvgIpc) is 2.64. The lowest BCUT2D eigenvalue weighted by Crippen LogP contribution is -2.48. The van der Waals surface area contributed by atoms with Gasteiger partial charge in [-0.05, 0) is 26.8 Å². The third-order valence-electron chi connectivity index (χ3n) is 4.06. The molecule has 5 heteroatoms. The molecule has 1 aromatic heterocycles. The van der Waals surface area contributed by atoms with E-state index in [0.717, 1.165) is 31.8 Å². The summed E-state index contributed by atoms with van der Waals surface area (Å²) in [5.41, 5.74) is 9.52. The summed E-state index contributed by atoms with van der Waals surface area (Å²) < 4.78 is 7.84. The van der Waals surface area contributed by atoms with E-state index in [0.29, 0.717) is 6.54 Å². The fraction of sp³-hybridized carbons (Fsp3) is 0.786. The van der Waals surface area contributed by atoms with Crippen molar-refractivity contribution in [1.82, 2.24) is 14.7 Å². The Morgan fingerprint density at radius 1 is 1.42 bits per heavy atom. The zero-order chi connectivity index (χ0) is 14.0. The van der Waals surface area contributed by atoms with Crippen LogP contribution in [-0.2, 0) is 11.8 Å². The number of ether oxygens (including phenoxy) is 1. The molecule has 0 radical (unpaired) electrons. The number of hydrogen-bond acceptors (Lipinski definition) is 4. The third-order valence-corrected chi connectivity index (χ3v) is 4.06. The van der Waals surface area contributed by atoms with Crippen LogP contribution in [0.4, 0.5) is 0 Å². The number of hydrogen-bond donors (Lipinski definition) is 1. The van der Waals surface area contributed by atoms with Gasteiger partial charge in [0.15, 0.2) is 0 Å². The van der Waals surface area contributed by atoms with Gasteiger partial charge in [0.2, 0.25) is 0 Å². The molecule has 1 aliphatic heterocycles. The largest absolute Gasteiger partial charge is 0.374 e. The molecule has 2 rings (SSSR count). The molecule has 19 heavy (non-hydrogen) atoms. The summed E-state index contributed by atoms with van der Waals surface area (Å²) in [4.78, 5) is 2.50. The van der Waals surface area contributed by atoms with E-state index >= 15 is 0 Å². The van der Waals surface area contributed by atoms with Crippen LogP contribution in [0.25, 0.3) is 0 Å². The Morgan fingerprint density at radius 2 is 2.16 bits per heavy atom. The summed E-state index contributed by atoms with van der Waals surface area (Å²) in [6.07, 6.45) is 1.22. The first-order chi connectivity index (χ1) is 9.10. The van der Waals surface area contributed by atoms with Gasteiger partial charge >= 0.3 is 0 Å². The van der Waals surface area contributed by atoms with Gasteiger partial charge in [-0.25, -0.2) is 0 Å². The summed E-state index contributed by atoms with van der Waals surface area (Å²) in [6.45, 7) is 9.81. The smallest absolute Gasteiger partial charge is 0.0895 e. The number of morpholine rings is 1. The van der Waals surface area contributed by atoms with Crippen molar-refractivity contribution in [3.63, 3.8) is 0 Å². The first kappa shape index (κ1) is 14.5. The quantitative estimate of drug-likeness (QED) is 0.888. The molecule has 2 N–H and O–H groups in total. The maximum Gasteiger partial charge on any atom is 0.0895 e. The first-order valence-electron chi connectivity index (χ1n) is 7.16. The van der Waals surface area contributed by atoms with Gasteiger partial charge in [0.25, 0.3) is 0 Å². The van der Waals surface area contributed by atoms with Crippen LogP contribution in [0.3, 0.4) is 0 Å². The van der Waals surface area contributed by atoms with Crippen LogP contribution in [0.1, 0.15) is 36.3 Å². The van der Waals surface area contributed by atoms with E-state index in [9.17, 15) is 0 Å². The lowest BCUT2D eigenvalue weighted by molar-refractivity contribution is -0.0680. The lowest BCUT2D eigenvalue weighted by atomic mass is 9.96. The van der Waals surface area contributed by atoms with Crippen molar-refractivity contribution in [2.75, 3.05) is 26.2 Å². The summed E-state index contributed by atoms with van der Waals surface area (Å²) in [5, 5.41) is 4.54. The minimum absolute atomic E-state index is 0.0712. The molecular weight excluding hydrogens is 240 g/mol. The zero-order valence-electron chi connectivity index (χ0n) is 12.5. The predicted octanol–water partition coefficient (Wildman–Crippen LogP) is 1.15. The van der Waals surface area contributed by atoms with E-state index < -0.39 is 0 Å². The molecule has 1 saturated heterocycles. The van der Waals surface area contributed by atoms with Crippen molar-refractivity contribution in [3.05, 3.63) is 17.0 Å². The lowest BCUT2D eigenvalue weighted by Gasteiger charge is -2.41. The van der Waals surface area contributed by atoms with Gasteiger partial charge in [-0.2, -0.15) is 5.10 Å². The Labute approximate surface area is 115 Å². The zero-order valence-corrected chi connectivity index (χ0v) is 12.5. The Morgan fingerprint density at radius 3 is 2.68 bits per heavy atom. The molecule has 2 unspecified atom stereocenters. The Bertz CT molecular complexity index is 427. The predicted molar refractivity (Wildman–Crippen MR) is 76.1 cm³/mol. The van der Waals surface area contributed by atoms with Crippen molar-refractivity contribution in [2.45, 2.75) is 39.3 Å². The van der Waals surface area contributed by atoms with Crippen LogP contribution < -0.4 is 5.73 Å². The second-order valence-electron chi connectivity index (χ2n) is 5.33. The Hall–Kier alpha value is -0.910. The molecule has 1 aliphatic rings. The molecule has 0 saturated carbocycles. The van der Waals surface area contributed by atoms with Crippen molar-refractivity contribution in [2.24, 2.45) is 12.8 Å². The van der Waals surface area contributed by atoms with E-state index in [1.165, 1.54) is 11.3 Å². The minimum atomic E-state index is 0.0712. The normalized spacial score (nSPS) is 24.9. The van der Waals surface area contributed by atoms with Gasteiger partial charge in [0.05, 0.1) is 24.4 Å². The average molecular weight is 266 g/mol. The fourth-order valence-corrected chi connectivity index (χ4v) is 3.11.